The lowest BCUT2D eigenvalue weighted by Gasteiger charge is -1.49. The molecule has 0 aliphatic rings. The molecule has 14 aromatic rings. The van der Waals surface area contributed by atoms with Gasteiger partial charge in [0.1, 0.15) is 17.3 Å². The van der Waals surface area contributed by atoms with Gasteiger partial charge in [-0.25, -0.2) is 23.3 Å². The molecule has 0 radical (unpaired) electrons. The fourth-order valence-electron chi connectivity index (χ4n) is 2.29. The minimum atomic E-state index is 1.21. The van der Waals surface area contributed by atoms with Gasteiger partial charge in [-0.05, 0) is 70.4 Å². The van der Waals surface area contributed by atoms with Crippen LogP contribution in [-0.4, -0.2) is 118 Å². The molecule has 0 bridgehead atoms. The Kier molecular flexibility index (Phi) is 48.7. The lowest BCUT2D eigenvalue weighted by Crippen LogP contribution is -1.61. The summed E-state index contributed by atoms with van der Waals surface area (Å²) in [4.78, 5) is 14.5. The van der Waals surface area contributed by atoms with Gasteiger partial charge in [0.25, 0.3) is 0 Å². The number of hydrogen-bond donors (Lipinski definition) is 3. The Bertz CT molecular complexity index is 1600. The Balaban J connectivity index is 0.000000377. The van der Waals surface area contributed by atoms with E-state index < -0.39 is 0 Å². The molecule has 3 N–H and O–H groups in total. The van der Waals surface area contributed by atoms with Crippen molar-refractivity contribution in [3.8, 4) is 0 Å². The fraction of sp³-hybridized carbons (Fsp3) is 0. The number of oxazole rings is 1. The van der Waals surface area contributed by atoms with E-state index in [0.29, 0.717) is 0 Å². The average Bonchev–Trinajstić information content (AvgIpc) is 4.33. The van der Waals surface area contributed by atoms with E-state index in [1.807, 2.05) is 56.5 Å². The van der Waals surface area contributed by atoms with Gasteiger partial charge in [0.15, 0.2) is 12.7 Å². The molecule has 0 aliphatic heterocycles. The van der Waals surface area contributed by atoms with E-state index in [1.54, 1.807) is 138 Å². The molecule has 364 valence electrons. The molecule has 0 unspecified atom stereocenters. The zero-order chi connectivity index (χ0) is 49.5. The van der Waals surface area contributed by atoms with Gasteiger partial charge in [-0.3, -0.25) is 20.2 Å². The number of hydrogen-bond acceptors (Lipinski definition) is 32. The van der Waals surface area contributed by atoms with E-state index in [2.05, 4.69) is 132 Å². The van der Waals surface area contributed by atoms with Crippen molar-refractivity contribution >= 4 is 91.9 Å². The van der Waals surface area contributed by atoms with Crippen LogP contribution in [0, 0.1) is 0 Å². The van der Waals surface area contributed by atoms with E-state index in [0.717, 1.165) is 0 Å². The highest BCUT2D eigenvalue weighted by Crippen LogP contribution is 1.87. The van der Waals surface area contributed by atoms with Crippen LogP contribution in [0.2, 0.25) is 0 Å². The number of nitrogens with zero attached hydrogens (tertiary/aromatic N) is 21. The van der Waals surface area contributed by atoms with Crippen LogP contribution in [0.3, 0.4) is 0 Å². The van der Waals surface area contributed by atoms with Gasteiger partial charge >= 0.3 is 0 Å². The summed E-state index contributed by atoms with van der Waals surface area (Å²) in [6.07, 6.45) is 33.8. The molecule has 70 heavy (non-hydrogen) atoms. The number of H-pyrrole nitrogens is 3. The molecule has 0 amide bonds. The normalized spacial score (nSPS) is 8.00. The lowest BCUT2D eigenvalue weighted by atomic mass is 10.8. The third kappa shape index (κ3) is 54.1. The molecule has 0 spiro atoms. The second kappa shape index (κ2) is 56.9. The SMILES string of the molecule is c1cn[nH]c1.c1cn[nH]c1.c1cn[nH]n1.c1cnon1.c1cnsc1.c1cnsc1.c1cnsn1.c1cocn1.c1cscn1.c1cscn1.c1csnn1.c1csnn1.c1ncon1.c1nncs1. The summed E-state index contributed by atoms with van der Waals surface area (Å²) >= 11 is 11.5. The van der Waals surface area contributed by atoms with Crippen LogP contribution in [0.25, 0.3) is 0 Å². The maximum Gasteiger partial charge on any atom is 0.213 e. The molecule has 0 fully saturated rings. The zero-order valence-corrected chi connectivity index (χ0v) is 42.1. The van der Waals surface area contributed by atoms with Crippen LogP contribution in [0.15, 0.2) is 223 Å². The van der Waals surface area contributed by atoms with Gasteiger partial charge in [-0.15, -0.1) is 54.4 Å². The standard InChI is InChI=1S/2C3H4N2.C3H3NO.4C3H3NS.C2H3N3.2C2H2N2O.4C2H2N2S/c2*1-2-4-5-3-1;3*1-2-5-3-4-1;3*1-2-4-5-3-1;1-3-2-5-4-1;1-2-4-5-3-1;1-3-4-2-5-1;2*1-2-5-4-3-1;1-2-4-5-3-1/h2*1-3H,(H,4,5);5*1-3H;1-2H,(H,3,4,5);6*1-2H. The van der Waals surface area contributed by atoms with E-state index in [9.17, 15) is 0 Å². The Hall–Kier alpha value is -8.19. The summed E-state index contributed by atoms with van der Waals surface area (Å²) in [6.45, 7) is 0. The van der Waals surface area contributed by atoms with E-state index in [4.69, 9.17) is 0 Å². The molecular weight excluding hydrogens is 1060 g/mol. The van der Waals surface area contributed by atoms with Gasteiger partial charge in [-0.1, -0.05) is 24.4 Å². The van der Waals surface area contributed by atoms with Crippen molar-refractivity contribution in [2.45, 2.75) is 0 Å². The number of aromatic nitrogens is 24. The second-order valence-corrected chi connectivity index (χ2v) is 14.6. The van der Waals surface area contributed by atoms with Gasteiger partial charge < -0.3 is 8.94 Å². The van der Waals surface area contributed by atoms with Gasteiger partial charge in [0, 0.05) is 81.9 Å². The molecule has 35 heteroatoms. The quantitative estimate of drug-likeness (QED) is 0.129. The minimum Gasteiger partial charge on any atom is -0.452 e. The van der Waals surface area contributed by atoms with Crippen LogP contribution >= 0.6 is 91.9 Å². The average molecular weight is 1100 g/mol. The van der Waals surface area contributed by atoms with Crippen LogP contribution in [-0.2, 0) is 0 Å². The van der Waals surface area contributed by atoms with Crippen molar-refractivity contribution in [2.75, 3.05) is 0 Å². The van der Waals surface area contributed by atoms with E-state index in [-0.39, 0.29) is 0 Å². The van der Waals surface area contributed by atoms with Crippen molar-refractivity contribution < 1.29 is 13.6 Å². The third-order valence-electron chi connectivity index (χ3n) is 4.58. The molecule has 14 heterocycles. The lowest BCUT2D eigenvalue weighted by molar-refractivity contribution is 0.307. The first-order valence-electron chi connectivity index (χ1n) is 18.1. The minimum absolute atomic E-state index is 1.21. The highest BCUT2D eigenvalue weighted by atomic mass is 32.1. The fourth-order valence-corrected chi connectivity index (χ4v) is 4.79. The summed E-state index contributed by atoms with van der Waals surface area (Å²) in [5, 5.41) is 56.8. The van der Waals surface area contributed by atoms with Crippen molar-refractivity contribution in [1.29, 1.82) is 0 Å². The second-order valence-electron chi connectivity index (χ2n) is 9.11. The first kappa shape index (κ1) is 59.8. The highest BCUT2D eigenvalue weighted by molar-refractivity contribution is 7.08. The van der Waals surface area contributed by atoms with Crippen LogP contribution in [0.4, 0.5) is 0 Å². The molecule has 0 saturated heterocycles. The van der Waals surface area contributed by atoms with Crippen LogP contribution < -0.4 is 0 Å². The summed E-state index contributed by atoms with van der Waals surface area (Å²) < 4.78 is 34.6. The number of aromatic amines is 3. The predicted octanol–water partition coefficient (Wildman–Crippen LogP) is 8.16. The molecular formula is C35H38N24O3S8. The summed E-state index contributed by atoms with van der Waals surface area (Å²) in [7, 11) is 0. The predicted molar refractivity (Wildman–Crippen MR) is 267 cm³/mol. The maximum absolute atomic E-state index is 4.47. The van der Waals surface area contributed by atoms with Crippen molar-refractivity contribution in [3.63, 3.8) is 0 Å². The van der Waals surface area contributed by atoms with Crippen molar-refractivity contribution in [1.82, 2.24) is 118 Å². The molecule has 0 aliphatic carbocycles. The largest absolute Gasteiger partial charge is 0.452 e. The Morgan fingerprint density at radius 2 is 0.986 bits per heavy atom. The zero-order valence-electron chi connectivity index (χ0n) is 35.6. The maximum atomic E-state index is 4.47. The monoisotopic (exact) mass is 1100 g/mol. The highest BCUT2D eigenvalue weighted by Gasteiger charge is 1.66. The Morgan fingerprint density at radius 3 is 1.13 bits per heavy atom. The van der Waals surface area contributed by atoms with E-state index >= 15 is 0 Å². The number of rotatable bonds is 0. The molecule has 0 atom stereocenters. The molecule has 0 aromatic carbocycles. The molecule has 0 saturated carbocycles. The summed E-state index contributed by atoms with van der Waals surface area (Å²) in [5.41, 5.74) is 6.94. The van der Waals surface area contributed by atoms with Gasteiger partial charge in [0.05, 0.1) is 78.5 Å². The van der Waals surface area contributed by atoms with Crippen molar-refractivity contribution in [3.05, 3.63) is 209 Å². The third-order valence-corrected chi connectivity index (χ3v) is 8.39. The number of nitrogens with one attached hydrogen (secondary N) is 3. The van der Waals surface area contributed by atoms with Crippen molar-refractivity contribution in [2.24, 2.45) is 0 Å². The van der Waals surface area contributed by atoms with Gasteiger partial charge in [0.2, 0.25) is 6.39 Å². The first-order chi connectivity index (χ1) is 35.0. The molecule has 14 rings (SSSR count). The summed E-state index contributed by atoms with van der Waals surface area (Å²) in [5.74, 6) is 0. The number of thiazole rings is 2. The Labute approximate surface area is 429 Å². The first-order valence-corrected chi connectivity index (χ1v) is 25.0. The van der Waals surface area contributed by atoms with Crippen LogP contribution in [0.5, 0.6) is 0 Å². The molecule has 27 nitrogen and oxygen atoms in total. The van der Waals surface area contributed by atoms with Gasteiger partial charge in [-0.2, -0.15) is 34.4 Å². The molecule has 14 aromatic heterocycles. The van der Waals surface area contributed by atoms with E-state index in [1.165, 1.54) is 107 Å². The van der Waals surface area contributed by atoms with Crippen LogP contribution in [0.1, 0.15) is 0 Å². The Morgan fingerprint density at radius 1 is 0.386 bits per heavy atom. The topological polar surface area (TPSA) is 357 Å². The summed E-state index contributed by atoms with van der Waals surface area (Å²) in [6, 6.07) is 7.48. The smallest absolute Gasteiger partial charge is 0.213 e.